The predicted octanol–water partition coefficient (Wildman–Crippen LogP) is 20.1. The number of allylic oxidation sites excluding steroid dienone is 11. The summed E-state index contributed by atoms with van der Waals surface area (Å²) in [5.74, 6) is -0.0749. The summed E-state index contributed by atoms with van der Waals surface area (Å²) in [5.41, 5.74) is 0. The first-order chi connectivity index (χ1) is 33.7. The van der Waals surface area contributed by atoms with Crippen LogP contribution < -0.4 is 5.32 Å². The van der Waals surface area contributed by atoms with Gasteiger partial charge in [0.05, 0.1) is 18.8 Å². The van der Waals surface area contributed by atoms with E-state index in [0.29, 0.717) is 6.42 Å². The highest BCUT2D eigenvalue weighted by Crippen LogP contribution is 2.17. The first-order valence-corrected chi connectivity index (χ1v) is 30.2. The standard InChI is InChI=1S/C64H117NO3/c1-3-5-7-9-11-13-15-17-19-21-23-24-25-26-27-28-29-30-31-32-33-34-35-36-37-38-39-40-42-44-46-48-50-52-54-56-58-60-64(68)65-62(61-66)63(67)59-57-55-53-51-49-47-45-43-41-22-20-18-16-14-12-10-8-6-4-2/h15,17,21,23,25-26,41,43,49,51,57,59,62-63,66-67H,3-14,16,18-20,22,24,27-40,42,44-48,50,52-56,58,60-61H2,1-2H3,(H,65,68)/b17-15-,23-21-,26-25-,43-41+,51-49+,59-57+. The van der Waals surface area contributed by atoms with Gasteiger partial charge in [-0.15, -0.1) is 0 Å². The van der Waals surface area contributed by atoms with Crippen LogP contribution in [0.4, 0.5) is 0 Å². The maximum atomic E-state index is 12.5. The summed E-state index contributed by atoms with van der Waals surface area (Å²) in [6.45, 7) is 4.30. The van der Waals surface area contributed by atoms with Gasteiger partial charge in [0.25, 0.3) is 0 Å². The van der Waals surface area contributed by atoms with E-state index in [-0.39, 0.29) is 12.5 Å². The molecule has 2 atom stereocenters. The third kappa shape index (κ3) is 54.8. The lowest BCUT2D eigenvalue weighted by atomic mass is 10.0. The minimum atomic E-state index is -0.872. The lowest BCUT2D eigenvalue weighted by Crippen LogP contribution is -2.45. The number of unbranched alkanes of at least 4 members (excludes halogenated alkanes) is 38. The number of amides is 1. The maximum Gasteiger partial charge on any atom is 0.220 e. The van der Waals surface area contributed by atoms with Crippen molar-refractivity contribution in [2.24, 2.45) is 0 Å². The van der Waals surface area contributed by atoms with E-state index in [1.165, 1.54) is 238 Å². The van der Waals surface area contributed by atoms with Gasteiger partial charge in [-0.05, 0) is 83.5 Å². The van der Waals surface area contributed by atoms with E-state index in [0.717, 1.165) is 51.4 Å². The van der Waals surface area contributed by atoms with Crippen LogP contribution in [0.25, 0.3) is 0 Å². The summed E-state index contributed by atoms with van der Waals surface area (Å²) in [4.78, 5) is 12.5. The van der Waals surface area contributed by atoms with Crippen molar-refractivity contribution in [3.63, 3.8) is 0 Å². The fourth-order valence-electron chi connectivity index (χ4n) is 9.04. The van der Waals surface area contributed by atoms with Gasteiger partial charge in [0, 0.05) is 6.42 Å². The van der Waals surface area contributed by atoms with Crippen molar-refractivity contribution in [1.29, 1.82) is 0 Å². The molecular weight excluding hydrogens is 831 g/mol. The fraction of sp³-hybridized carbons (Fsp3) is 0.797. The van der Waals surface area contributed by atoms with Gasteiger partial charge in [0.1, 0.15) is 0 Å². The van der Waals surface area contributed by atoms with E-state index < -0.39 is 12.1 Å². The van der Waals surface area contributed by atoms with Crippen molar-refractivity contribution < 1.29 is 15.0 Å². The minimum absolute atomic E-state index is 0.0749. The highest BCUT2D eigenvalue weighted by atomic mass is 16.3. The number of hydrogen-bond acceptors (Lipinski definition) is 3. The van der Waals surface area contributed by atoms with E-state index in [9.17, 15) is 15.0 Å². The van der Waals surface area contributed by atoms with Crippen molar-refractivity contribution in [3.8, 4) is 0 Å². The van der Waals surface area contributed by atoms with E-state index in [1.807, 2.05) is 6.08 Å². The average molecular weight is 949 g/mol. The molecule has 0 heterocycles. The Hall–Kier alpha value is -2.17. The number of nitrogens with one attached hydrogen (secondary N) is 1. The van der Waals surface area contributed by atoms with Crippen LogP contribution in [0.2, 0.25) is 0 Å². The van der Waals surface area contributed by atoms with E-state index in [4.69, 9.17) is 0 Å². The van der Waals surface area contributed by atoms with Crippen molar-refractivity contribution in [3.05, 3.63) is 72.9 Å². The number of carbonyl (C=O) groups is 1. The van der Waals surface area contributed by atoms with Gasteiger partial charge < -0.3 is 15.5 Å². The number of aliphatic hydroxyl groups excluding tert-OH is 2. The van der Waals surface area contributed by atoms with Crippen LogP contribution in [0.5, 0.6) is 0 Å². The topological polar surface area (TPSA) is 69.6 Å². The molecule has 0 radical (unpaired) electrons. The average Bonchev–Trinajstić information content (AvgIpc) is 3.34. The predicted molar refractivity (Wildman–Crippen MR) is 304 cm³/mol. The van der Waals surface area contributed by atoms with Crippen molar-refractivity contribution >= 4 is 5.91 Å². The van der Waals surface area contributed by atoms with Gasteiger partial charge in [-0.1, -0.05) is 292 Å². The zero-order chi connectivity index (χ0) is 49.2. The smallest absolute Gasteiger partial charge is 0.220 e. The molecule has 0 aromatic heterocycles. The zero-order valence-corrected chi connectivity index (χ0v) is 45.6. The van der Waals surface area contributed by atoms with E-state index >= 15 is 0 Å². The number of carbonyl (C=O) groups excluding carboxylic acids is 1. The molecule has 0 aliphatic rings. The Bertz CT molecular complexity index is 1170. The molecule has 0 aliphatic heterocycles. The Morgan fingerprint density at radius 3 is 0.956 bits per heavy atom. The lowest BCUT2D eigenvalue weighted by molar-refractivity contribution is -0.123. The molecule has 68 heavy (non-hydrogen) atoms. The van der Waals surface area contributed by atoms with Crippen LogP contribution in [0, 0.1) is 0 Å². The summed E-state index contributed by atoms with van der Waals surface area (Å²) < 4.78 is 0. The van der Waals surface area contributed by atoms with Gasteiger partial charge in [0.2, 0.25) is 5.91 Å². The normalized spacial score (nSPS) is 13.3. The van der Waals surface area contributed by atoms with Crippen LogP contribution in [0.15, 0.2) is 72.9 Å². The third-order valence-electron chi connectivity index (χ3n) is 13.6. The first-order valence-electron chi connectivity index (χ1n) is 30.2. The number of hydrogen-bond donors (Lipinski definition) is 3. The summed E-state index contributed by atoms with van der Waals surface area (Å²) in [7, 11) is 0. The molecule has 0 fully saturated rings. The molecule has 0 saturated carbocycles. The molecule has 0 bridgehead atoms. The third-order valence-corrected chi connectivity index (χ3v) is 13.6. The molecule has 396 valence electrons. The SMILES string of the molecule is CCCCCCC/C=C\C/C=C\C/C=C\CCCCCCCCCCCCCCCCCCCCCCCCC(=O)NC(CO)C(O)/C=C/CC/C=C/CC/C=C/CCCCCCCCCCC. The van der Waals surface area contributed by atoms with Gasteiger partial charge in [0.15, 0.2) is 0 Å². The summed E-state index contributed by atoms with van der Waals surface area (Å²) in [6, 6.07) is -0.647. The number of rotatable bonds is 55. The van der Waals surface area contributed by atoms with Gasteiger partial charge in [-0.25, -0.2) is 0 Å². The van der Waals surface area contributed by atoms with Gasteiger partial charge in [-0.2, -0.15) is 0 Å². The molecule has 0 spiro atoms. The maximum absolute atomic E-state index is 12.5. The fourth-order valence-corrected chi connectivity index (χ4v) is 9.04. The second-order valence-corrected chi connectivity index (χ2v) is 20.4. The van der Waals surface area contributed by atoms with Crippen LogP contribution in [0.1, 0.15) is 309 Å². The summed E-state index contributed by atoms with van der Waals surface area (Å²) in [6.07, 6.45) is 85.1. The van der Waals surface area contributed by atoms with Crippen LogP contribution in [0.3, 0.4) is 0 Å². The van der Waals surface area contributed by atoms with E-state index in [1.54, 1.807) is 6.08 Å². The van der Waals surface area contributed by atoms with Crippen molar-refractivity contribution in [1.82, 2.24) is 5.32 Å². The summed E-state index contributed by atoms with van der Waals surface area (Å²) >= 11 is 0. The Kier molecular flexibility index (Phi) is 57.3. The lowest BCUT2D eigenvalue weighted by Gasteiger charge is -2.19. The van der Waals surface area contributed by atoms with Crippen molar-refractivity contribution in [2.75, 3.05) is 6.61 Å². The minimum Gasteiger partial charge on any atom is -0.394 e. The Labute approximate surface area is 425 Å². The molecule has 0 aromatic carbocycles. The zero-order valence-electron chi connectivity index (χ0n) is 45.6. The van der Waals surface area contributed by atoms with Gasteiger partial charge >= 0.3 is 0 Å². The largest absolute Gasteiger partial charge is 0.394 e. The van der Waals surface area contributed by atoms with Crippen LogP contribution in [-0.2, 0) is 4.79 Å². The molecule has 4 nitrogen and oxygen atoms in total. The quantitative estimate of drug-likeness (QED) is 0.0420. The molecule has 0 saturated heterocycles. The van der Waals surface area contributed by atoms with Crippen molar-refractivity contribution in [2.45, 2.75) is 321 Å². The summed E-state index contributed by atoms with van der Waals surface area (Å²) in [5, 5.41) is 23.1. The molecule has 0 rings (SSSR count). The highest BCUT2D eigenvalue weighted by molar-refractivity contribution is 5.76. The highest BCUT2D eigenvalue weighted by Gasteiger charge is 2.18. The molecule has 2 unspecified atom stereocenters. The second kappa shape index (κ2) is 59.1. The van der Waals surface area contributed by atoms with Crippen LogP contribution >= 0.6 is 0 Å². The molecular formula is C64H117NO3. The molecule has 1 amide bonds. The molecule has 0 aromatic rings. The molecule has 3 N–H and O–H groups in total. The Balaban J connectivity index is 3.48. The van der Waals surface area contributed by atoms with Gasteiger partial charge in [-0.3, -0.25) is 4.79 Å². The number of aliphatic hydroxyl groups is 2. The first kappa shape index (κ1) is 65.8. The monoisotopic (exact) mass is 948 g/mol. The van der Waals surface area contributed by atoms with Crippen LogP contribution in [-0.4, -0.2) is 34.9 Å². The second-order valence-electron chi connectivity index (χ2n) is 20.4. The Morgan fingerprint density at radius 2 is 0.618 bits per heavy atom. The van der Waals surface area contributed by atoms with E-state index in [2.05, 4.69) is 79.9 Å². The Morgan fingerprint density at radius 1 is 0.353 bits per heavy atom. The molecule has 0 aliphatic carbocycles. The molecule has 4 heteroatoms.